The Balaban J connectivity index is 1.76. The Morgan fingerprint density at radius 3 is 2.57 bits per heavy atom. The van der Waals surface area contributed by atoms with Crippen LogP contribution >= 0.6 is 0 Å². The number of amides is 1. The third-order valence-electron chi connectivity index (χ3n) is 3.83. The average Bonchev–Trinajstić information content (AvgIpc) is 2.73. The standard InChI is InChI=1S/C21H16N4O3/c1-28-21(27)16-5-3-7-18(11-16)24-19-12-15(8-9-23-19)20(26)25-17-6-2-4-14(10-17)13-22/h2-12H,1H3,(H,23,24)(H,25,26). The Bertz CT molecular complexity index is 1070. The van der Waals surface area contributed by atoms with E-state index in [0.29, 0.717) is 33.9 Å². The molecule has 1 heterocycles. The van der Waals surface area contributed by atoms with E-state index in [2.05, 4.69) is 15.6 Å². The van der Waals surface area contributed by atoms with E-state index in [1.807, 2.05) is 6.07 Å². The number of methoxy groups -OCH3 is 1. The maximum Gasteiger partial charge on any atom is 0.337 e. The van der Waals surface area contributed by atoms with E-state index in [0.717, 1.165) is 0 Å². The number of hydrogen-bond donors (Lipinski definition) is 2. The number of rotatable bonds is 5. The minimum absolute atomic E-state index is 0.330. The maximum absolute atomic E-state index is 12.5. The predicted molar refractivity (Wildman–Crippen MR) is 104 cm³/mol. The highest BCUT2D eigenvalue weighted by molar-refractivity contribution is 6.04. The molecule has 28 heavy (non-hydrogen) atoms. The van der Waals surface area contributed by atoms with Gasteiger partial charge in [0.05, 0.1) is 24.3 Å². The molecule has 138 valence electrons. The highest BCUT2D eigenvalue weighted by Crippen LogP contribution is 2.18. The van der Waals surface area contributed by atoms with Gasteiger partial charge in [-0.25, -0.2) is 9.78 Å². The summed E-state index contributed by atoms with van der Waals surface area (Å²) in [5.74, 6) is -0.325. The van der Waals surface area contributed by atoms with Crippen LogP contribution < -0.4 is 10.6 Å². The van der Waals surface area contributed by atoms with Crippen molar-refractivity contribution >= 4 is 29.1 Å². The number of hydrogen-bond acceptors (Lipinski definition) is 6. The van der Waals surface area contributed by atoms with Gasteiger partial charge in [0.2, 0.25) is 0 Å². The number of anilines is 3. The van der Waals surface area contributed by atoms with Crippen LogP contribution in [0.2, 0.25) is 0 Å². The lowest BCUT2D eigenvalue weighted by Crippen LogP contribution is -2.12. The van der Waals surface area contributed by atoms with Gasteiger partial charge in [0, 0.05) is 23.1 Å². The second-order valence-corrected chi connectivity index (χ2v) is 5.77. The molecule has 0 aliphatic rings. The third-order valence-corrected chi connectivity index (χ3v) is 3.83. The minimum Gasteiger partial charge on any atom is -0.465 e. The topological polar surface area (TPSA) is 104 Å². The molecule has 0 unspecified atom stereocenters. The molecule has 1 aromatic heterocycles. The number of pyridine rings is 1. The fraction of sp³-hybridized carbons (Fsp3) is 0.0476. The van der Waals surface area contributed by atoms with Crippen molar-refractivity contribution in [3.05, 3.63) is 83.6 Å². The summed E-state index contributed by atoms with van der Waals surface area (Å²) >= 11 is 0. The Labute approximate surface area is 161 Å². The minimum atomic E-state index is -0.440. The zero-order valence-electron chi connectivity index (χ0n) is 15.0. The number of nitrogens with zero attached hydrogens (tertiary/aromatic N) is 2. The molecule has 0 fully saturated rings. The van der Waals surface area contributed by atoms with Crippen LogP contribution in [0.5, 0.6) is 0 Å². The van der Waals surface area contributed by atoms with Crippen LogP contribution in [0, 0.1) is 11.3 Å². The molecule has 2 N–H and O–H groups in total. The van der Waals surface area contributed by atoms with Crippen molar-refractivity contribution in [3.63, 3.8) is 0 Å². The number of carbonyl (C=O) groups is 2. The lowest BCUT2D eigenvalue weighted by atomic mass is 10.2. The van der Waals surface area contributed by atoms with E-state index in [-0.39, 0.29) is 5.91 Å². The monoisotopic (exact) mass is 372 g/mol. The molecule has 2 aromatic carbocycles. The van der Waals surface area contributed by atoms with Crippen LogP contribution in [0.15, 0.2) is 66.9 Å². The van der Waals surface area contributed by atoms with Crippen LogP contribution in [0.1, 0.15) is 26.3 Å². The largest absolute Gasteiger partial charge is 0.465 e. The van der Waals surface area contributed by atoms with Crippen molar-refractivity contribution in [2.45, 2.75) is 0 Å². The number of ether oxygens (including phenoxy) is 1. The van der Waals surface area contributed by atoms with Crippen molar-refractivity contribution < 1.29 is 14.3 Å². The van der Waals surface area contributed by atoms with Gasteiger partial charge in [0.15, 0.2) is 0 Å². The summed E-state index contributed by atoms with van der Waals surface area (Å²) in [6.07, 6.45) is 1.51. The lowest BCUT2D eigenvalue weighted by Gasteiger charge is -2.09. The predicted octanol–water partition coefficient (Wildman–Crippen LogP) is 3.74. The molecule has 0 atom stereocenters. The summed E-state index contributed by atoms with van der Waals surface area (Å²) in [6.45, 7) is 0. The molecule has 0 spiro atoms. The first-order valence-electron chi connectivity index (χ1n) is 8.32. The molecular weight excluding hydrogens is 356 g/mol. The van der Waals surface area contributed by atoms with Crippen LogP contribution in [0.25, 0.3) is 0 Å². The molecular formula is C21H16N4O3. The van der Waals surface area contributed by atoms with Gasteiger partial charge >= 0.3 is 5.97 Å². The van der Waals surface area contributed by atoms with E-state index in [9.17, 15) is 9.59 Å². The molecule has 3 rings (SSSR count). The summed E-state index contributed by atoms with van der Waals surface area (Å²) in [5.41, 5.74) is 2.42. The molecule has 0 bridgehead atoms. The Morgan fingerprint density at radius 1 is 1.00 bits per heavy atom. The van der Waals surface area contributed by atoms with Crippen molar-refractivity contribution in [2.24, 2.45) is 0 Å². The van der Waals surface area contributed by atoms with Crippen LogP contribution in [0.3, 0.4) is 0 Å². The van der Waals surface area contributed by atoms with Gasteiger partial charge in [-0.2, -0.15) is 5.26 Å². The van der Waals surface area contributed by atoms with E-state index >= 15 is 0 Å². The third kappa shape index (κ3) is 4.51. The second-order valence-electron chi connectivity index (χ2n) is 5.77. The summed E-state index contributed by atoms with van der Waals surface area (Å²) in [6, 6.07) is 18.6. The normalized spacial score (nSPS) is 9.86. The molecule has 0 aliphatic heterocycles. The van der Waals surface area contributed by atoms with Gasteiger partial charge in [-0.15, -0.1) is 0 Å². The number of nitriles is 1. The summed E-state index contributed by atoms with van der Waals surface area (Å²) in [5, 5.41) is 14.8. The molecule has 7 nitrogen and oxygen atoms in total. The fourth-order valence-electron chi connectivity index (χ4n) is 2.50. The highest BCUT2D eigenvalue weighted by Gasteiger charge is 2.10. The van der Waals surface area contributed by atoms with E-state index < -0.39 is 5.97 Å². The van der Waals surface area contributed by atoms with E-state index in [4.69, 9.17) is 10.00 Å². The molecule has 3 aromatic rings. The first-order chi connectivity index (χ1) is 13.6. The molecule has 0 radical (unpaired) electrons. The maximum atomic E-state index is 12.5. The molecule has 7 heteroatoms. The van der Waals surface area contributed by atoms with Crippen LogP contribution in [0.4, 0.5) is 17.2 Å². The van der Waals surface area contributed by atoms with Gasteiger partial charge < -0.3 is 15.4 Å². The summed E-state index contributed by atoms with van der Waals surface area (Å²) < 4.78 is 4.71. The van der Waals surface area contributed by atoms with E-state index in [1.165, 1.54) is 13.3 Å². The Morgan fingerprint density at radius 2 is 1.79 bits per heavy atom. The average molecular weight is 372 g/mol. The molecule has 0 aliphatic carbocycles. The zero-order valence-corrected chi connectivity index (χ0v) is 15.0. The number of carbonyl (C=O) groups excluding carboxylic acids is 2. The number of esters is 1. The number of aromatic nitrogens is 1. The first-order valence-corrected chi connectivity index (χ1v) is 8.32. The number of nitrogens with one attached hydrogen (secondary N) is 2. The van der Waals surface area contributed by atoms with Crippen molar-refractivity contribution in [3.8, 4) is 6.07 Å². The summed E-state index contributed by atoms with van der Waals surface area (Å²) in [4.78, 5) is 28.3. The van der Waals surface area contributed by atoms with Gasteiger partial charge in [-0.05, 0) is 48.5 Å². The lowest BCUT2D eigenvalue weighted by molar-refractivity contribution is 0.0600. The van der Waals surface area contributed by atoms with Crippen molar-refractivity contribution in [2.75, 3.05) is 17.7 Å². The smallest absolute Gasteiger partial charge is 0.337 e. The molecule has 0 saturated carbocycles. The van der Waals surface area contributed by atoms with Crippen molar-refractivity contribution in [1.82, 2.24) is 4.98 Å². The first kappa shape index (κ1) is 18.6. The van der Waals surface area contributed by atoms with Gasteiger partial charge in [-0.3, -0.25) is 4.79 Å². The Kier molecular flexibility index (Phi) is 5.63. The SMILES string of the molecule is COC(=O)c1cccc(Nc2cc(C(=O)Nc3cccc(C#N)c3)ccn2)c1. The fourth-order valence-corrected chi connectivity index (χ4v) is 2.50. The van der Waals surface area contributed by atoms with Crippen LogP contribution in [-0.2, 0) is 4.74 Å². The highest BCUT2D eigenvalue weighted by atomic mass is 16.5. The van der Waals surface area contributed by atoms with Crippen molar-refractivity contribution in [1.29, 1.82) is 5.26 Å². The van der Waals surface area contributed by atoms with E-state index in [1.54, 1.807) is 60.7 Å². The van der Waals surface area contributed by atoms with Crippen LogP contribution in [-0.4, -0.2) is 24.0 Å². The molecule has 0 saturated heterocycles. The summed E-state index contributed by atoms with van der Waals surface area (Å²) in [7, 11) is 1.32. The van der Waals surface area contributed by atoms with Gasteiger partial charge in [0.1, 0.15) is 5.82 Å². The number of benzene rings is 2. The molecule has 1 amide bonds. The van der Waals surface area contributed by atoms with Gasteiger partial charge in [-0.1, -0.05) is 12.1 Å². The second kappa shape index (κ2) is 8.47. The Hall–Kier alpha value is -4.18. The zero-order chi connectivity index (χ0) is 19.9. The quantitative estimate of drug-likeness (QED) is 0.661. The van der Waals surface area contributed by atoms with Gasteiger partial charge in [0.25, 0.3) is 5.91 Å².